The molecule has 0 aliphatic heterocycles. The van der Waals surface area contributed by atoms with Crippen LogP contribution in [-0.4, -0.2) is 56.8 Å². The molecule has 0 saturated carbocycles. The van der Waals surface area contributed by atoms with Gasteiger partial charge in [0.1, 0.15) is 0 Å². The van der Waals surface area contributed by atoms with Crippen molar-refractivity contribution in [3.8, 4) is 0 Å². The molecule has 0 aromatic carbocycles. The van der Waals surface area contributed by atoms with Gasteiger partial charge in [-0.15, -0.1) is 0 Å². The molecule has 0 bridgehead atoms. The van der Waals surface area contributed by atoms with Crippen LogP contribution in [0.25, 0.3) is 0 Å². The van der Waals surface area contributed by atoms with Crippen molar-refractivity contribution in [3.63, 3.8) is 0 Å². The molecule has 0 radical (unpaired) electrons. The molecule has 15 heavy (non-hydrogen) atoms. The van der Waals surface area contributed by atoms with Gasteiger partial charge in [-0.25, -0.2) is 0 Å². The van der Waals surface area contributed by atoms with Gasteiger partial charge in [0.15, 0.2) is 0 Å². The van der Waals surface area contributed by atoms with E-state index < -0.39 is 0 Å². The lowest BCUT2D eigenvalue weighted by Crippen LogP contribution is -2.11. The number of aliphatic hydroxyl groups excluding tert-OH is 1. The third-order valence-corrected chi connectivity index (χ3v) is 1.62. The van der Waals surface area contributed by atoms with E-state index in [2.05, 4.69) is 6.92 Å². The first-order valence-corrected chi connectivity index (χ1v) is 5.26. The van der Waals surface area contributed by atoms with Crippen molar-refractivity contribution in [2.45, 2.75) is 19.8 Å². The summed E-state index contributed by atoms with van der Waals surface area (Å²) in [5.41, 5.74) is 0. The zero-order chi connectivity index (χ0) is 10.5. The van der Waals surface area contributed by atoms with E-state index in [4.69, 9.17) is 19.3 Å². The highest BCUT2D eigenvalue weighted by molar-refractivity contribution is 4.35. The van der Waals surface area contributed by atoms with Gasteiger partial charge in [-0.2, -0.15) is 0 Å². The van der Waals surface area contributed by atoms with Crippen LogP contribution in [0, 0.1) is 0 Å². The molecule has 0 aromatic rings. The minimum Gasteiger partial charge on any atom is -0.412 e. The molecule has 0 atom stereocenters. The summed E-state index contributed by atoms with van der Waals surface area (Å²) in [5, 5.41) is 8.40. The molecule has 0 spiro atoms. The smallest absolute Gasteiger partial charge is 0.0701 e. The summed E-state index contributed by atoms with van der Waals surface area (Å²) in [6.07, 6.45) is 2.27. The van der Waals surface area contributed by atoms with E-state index in [0.29, 0.717) is 33.0 Å². The Morgan fingerprint density at radius 2 is 1.27 bits per heavy atom. The Morgan fingerprint density at radius 3 is 1.73 bits per heavy atom. The lowest BCUT2D eigenvalue weighted by atomic mass is 10.4. The van der Waals surface area contributed by atoms with E-state index in [9.17, 15) is 0 Å². The lowest BCUT2D eigenvalue weighted by Gasteiger charge is -2.05. The first kappa shape index (κ1) is 17.2. The third kappa shape index (κ3) is 16.5. The van der Waals surface area contributed by atoms with Crippen LogP contribution in [0.2, 0.25) is 0 Å². The molecule has 0 heterocycles. The summed E-state index contributed by atoms with van der Waals surface area (Å²) in [7, 11) is 0. The number of hydrogen-bond acceptors (Lipinski definition) is 4. The zero-order valence-electron chi connectivity index (χ0n) is 9.54. The zero-order valence-corrected chi connectivity index (χ0v) is 9.54. The first-order valence-electron chi connectivity index (χ1n) is 5.26. The number of rotatable bonds is 11. The number of hydrogen-bond donors (Lipinski definition) is 1. The average Bonchev–Trinajstić information content (AvgIpc) is 2.21. The third-order valence-electron chi connectivity index (χ3n) is 1.62. The molecule has 0 aromatic heterocycles. The predicted molar refractivity (Wildman–Crippen MR) is 58.1 cm³/mol. The Kier molecular flexibility index (Phi) is 18.6. The van der Waals surface area contributed by atoms with Gasteiger partial charge in [0, 0.05) is 6.61 Å². The Labute approximate surface area is 91.6 Å². The van der Waals surface area contributed by atoms with Crippen LogP contribution in [0.15, 0.2) is 0 Å². The van der Waals surface area contributed by atoms with E-state index in [1.807, 2.05) is 0 Å². The molecule has 3 N–H and O–H groups in total. The summed E-state index contributed by atoms with van der Waals surface area (Å²) in [4.78, 5) is 0. The van der Waals surface area contributed by atoms with E-state index in [-0.39, 0.29) is 12.1 Å². The monoisotopic (exact) mass is 224 g/mol. The molecule has 0 aliphatic carbocycles. The molecule has 94 valence electrons. The largest absolute Gasteiger partial charge is 0.412 e. The van der Waals surface area contributed by atoms with Crippen molar-refractivity contribution < 1.29 is 24.8 Å². The summed E-state index contributed by atoms with van der Waals surface area (Å²) in [6, 6.07) is 0. The number of ether oxygens (including phenoxy) is 3. The molecule has 5 nitrogen and oxygen atoms in total. The molecule has 5 heteroatoms. The standard InChI is InChI=1S/C10H22O4.H2O/c1-2-3-5-12-7-9-14-10-8-13-6-4-11;/h11H,2-10H2,1H3;1H2. The highest BCUT2D eigenvalue weighted by atomic mass is 16.5. The first-order chi connectivity index (χ1) is 6.91. The van der Waals surface area contributed by atoms with Crippen LogP contribution in [0.3, 0.4) is 0 Å². The van der Waals surface area contributed by atoms with Crippen LogP contribution in [0.5, 0.6) is 0 Å². The second-order valence-corrected chi connectivity index (χ2v) is 2.91. The molecule has 0 aliphatic rings. The van der Waals surface area contributed by atoms with Crippen LogP contribution in [0.1, 0.15) is 19.8 Å². The quantitative estimate of drug-likeness (QED) is 0.501. The van der Waals surface area contributed by atoms with Crippen molar-refractivity contribution in [2.24, 2.45) is 0 Å². The Hall–Kier alpha value is -0.200. The van der Waals surface area contributed by atoms with E-state index >= 15 is 0 Å². The Bertz CT molecular complexity index is 87.8. The number of unbranched alkanes of at least 4 members (excludes halogenated alkanes) is 1. The second-order valence-electron chi connectivity index (χ2n) is 2.91. The molecule has 0 amide bonds. The SMILES string of the molecule is CCCCOCCOCCOCCO.O. The van der Waals surface area contributed by atoms with E-state index in [0.717, 1.165) is 19.4 Å². The maximum absolute atomic E-state index is 8.40. The molecule has 0 rings (SSSR count). The molecule has 0 fully saturated rings. The second kappa shape index (κ2) is 16.2. The fraction of sp³-hybridized carbons (Fsp3) is 1.00. The van der Waals surface area contributed by atoms with Gasteiger partial charge in [-0.1, -0.05) is 13.3 Å². The molecular formula is C10H24O5. The maximum atomic E-state index is 8.40. The van der Waals surface area contributed by atoms with Gasteiger partial charge in [0.2, 0.25) is 0 Å². The predicted octanol–water partition coefficient (Wildman–Crippen LogP) is 0.00390. The summed E-state index contributed by atoms with van der Waals surface area (Å²) in [5.74, 6) is 0. The summed E-state index contributed by atoms with van der Waals surface area (Å²) < 4.78 is 15.5. The van der Waals surface area contributed by atoms with Gasteiger partial charge >= 0.3 is 0 Å². The van der Waals surface area contributed by atoms with Gasteiger partial charge in [-0.3, -0.25) is 0 Å². The van der Waals surface area contributed by atoms with Crippen molar-refractivity contribution in [1.29, 1.82) is 0 Å². The van der Waals surface area contributed by atoms with Crippen LogP contribution < -0.4 is 0 Å². The minimum atomic E-state index is 0. The number of aliphatic hydroxyl groups is 1. The fourth-order valence-electron chi connectivity index (χ4n) is 0.853. The van der Waals surface area contributed by atoms with E-state index in [1.54, 1.807) is 0 Å². The summed E-state index contributed by atoms with van der Waals surface area (Å²) in [6.45, 7) is 5.79. The van der Waals surface area contributed by atoms with Crippen LogP contribution in [-0.2, 0) is 14.2 Å². The minimum absolute atomic E-state index is 0. The Morgan fingerprint density at radius 1 is 0.800 bits per heavy atom. The van der Waals surface area contributed by atoms with E-state index in [1.165, 1.54) is 0 Å². The Balaban J connectivity index is 0. The van der Waals surface area contributed by atoms with Gasteiger partial charge in [0.25, 0.3) is 0 Å². The highest BCUT2D eigenvalue weighted by Crippen LogP contribution is 1.87. The van der Waals surface area contributed by atoms with Crippen LogP contribution >= 0.6 is 0 Å². The van der Waals surface area contributed by atoms with Crippen molar-refractivity contribution in [2.75, 3.05) is 46.2 Å². The fourth-order valence-corrected chi connectivity index (χ4v) is 0.853. The van der Waals surface area contributed by atoms with Crippen molar-refractivity contribution >= 4 is 0 Å². The van der Waals surface area contributed by atoms with Gasteiger partial charge in [-0.05, 0) is 6.42 Å². The maximum Gasteiger partial charge on any atom is 0.0701 e. The normalized spacial score (nSPS) is 10.0. The molecular weight excluding hydrogens is 200 g/mol. The summed E-state index contributed by atoms with van der Waals surface area (Å²) >= 11 is 0. The average molecular weight is 224 g/mol. The van der Waals surface area contributed by atoms with Crippen LogP contribution in [0.4, 0.5) is 0 Å². The van der Waals surface area contributed by atoms with Gasteiger partial charge < -0.3 is 24.8 Å². The molecule has 0 unspecified atom stereocenters. The van der Waals surface area contributed by atoms with Crippen molar-refractivity contribution in [1.82, 2.24) is 0 Å². The molecule has 0 saturated heterocycles. The lowest BCUT2D eigenvalue weighted by molar-refractivity contribution is 0.00735. The van der Waals surface area contributed by atoms with Gasteiger partial charge in [0.05, 0.1) is 39.6 Å². The van der Waals surface area contributed by atoms with Crippen molar-refractivity contribution in [3.05, 3.63) is 0 Å². The topological polar surface area (TPSA) is 79.4 Å². The highest BCUT2D eigenvalue weighted by Gasteiger charge is 1.90.